The number of carbonyl (C=O) groups is 3. The van der Waals surface area contributed by atoms with Crippen molar-refractivity contribution >= 4 is 39.9 Å². The Morgan fingerprint density at radius 2 is 1.75 bits per heavy atom. The summed E-state index contributed by atoms with van der Waals surface area (Å²) >= 11 is 0.925. The van der Waals surface area contributed by atoms with Gasteiger partial charge in [0, 0.05) is 5.56 Å². The second-order valence-corrected chi connectivity index (χ2v) is 10.8. The van der Waals surface area contributed by atoms with Gasteiger partial charge in [-0.1, -0.05) is 73.4 Å². The van der Waals surface area contributed by atoms with Crippen LogP contribution >= 0.6 is 11.3 Å². The van der Waals surface area contributed by atoms with E-state index in [1.54, 1.807) is 67.6 Å². The number of ketones is 1. The Morgan fingerprint density at radius 3 is 2.50 bits per heavy atom. The number of aromatic nitrogens is 1. The van der Waals surface area contributed by atoms with Crippen LogP contribution in [0.25, 0.3) is 5.76 Å². The third kappa shape index (κ3) is 6.25. The first-order chi connectivity index (χ1) is 21.3. The number of hydrogen-bond acceptors (Lipinski definition) is 9. The highest BCUT2D eigenvalue weighted by atomic mass is 32.1. The Balaban J connectivity index is 1.64. The zero-order valence-corrected chi connectivity index (χ0v) is 25.0. The summed E-state index contributed by atoms with van der Waals surface area (Å²) in [4.78, 5) is 45.9. The minimum atomic E-state index is -1.09. The Morgan fingerprint density at radius 1 is 1.02 bits per heavy atom. The highest BCUT2D eigenvalue weighted by Gasteiger charge is 2.48. The van der Waals surface area contributed by atoms with E-state index in [9.17, 15) is 19.5 Å². The Labute approximate surface area is 258 Å². The van der Waals surface area contributed by atoms with E-state index in [0.29, 0.717) is 40.7 Å². The first-order valence-corrected chi connectivity index (χ1v) is 14.8. The number of aliphatic hydroxyl groups is 1. The van der Waals surface area contributed by atoms with Crippen molar-refractivity contribution in [3.63, 3.8) is 0 Å². The lowest BCUT2D eigenvalue weighted by atomic mass is 9.95. The van der Waals surface area contributed by atoms with Gasteiger partial charge in [-0.15, -0.1) is 0 Å². The van der Waals surface area contributed by atoms with Crippen LogP contribution in [0, 0.1) is 6.92 Å². The standard InChI is InChI=1S/C34H30N2O7S/c1-4-17-41-25-15-10-12-23(20-25)29(37)27-28(22-11-9-16-26(19-22)43-24-13-7-6-8-14-24)36(32(39)30(27)38)34-35-21(3)31(44-34)33(40)42-18-5-2/h5-16,19-20,28,37H,2,4,17-18H2,1,3H3. The molecule has 0 bridgehead atoms. The SMILES string of the molecule is C=CCOC(=O)c1sc(N2C(=O)C(=O)C(=C(O)c3cccc(OCCC)c3)C2c2cccc(Oc3ccccc3)c2)nc1C. The Bertz CT molecular complexity index is 1750. The maximum absolute atomic E-state index is 13.7. The number of esters is 1. The second-order valence-electron chi connectivity index (χ2n) is 9.83. The van der Waals surface area contributed by atoms with Crippen molar-refractivity contribution in [1.82, 2.24) is 4.98 Å². The zero-order chi connectivity index (χ0) is 31.2. The van der Waals surface area contributed by atoms with Gasteiger partial charge < -0.3 is 19.3 Å². The fourth-order valence-corrected chi connectivity index (χ4v) is 5.69. The average molecular weight is 611 g/mol. The molecule has 44 heavy (non-hydrogen) atoms. The Hall–Kier alpha value is -5.22. The maximum Gasteiger partial charge on any atom is 0.350 e. The number of amides is 1. The summed E-state index contributed by atoms with van der Waals surface area (Å²) in [5, 5.41) is 11.7. The molecule has 1 atom stereocenters. The first kappa shape index (κ1) is 30.2. The second kappa shape index (κ2) is 13.4. The van der Waals surface area contributed by atoms with Crippen LogP contribution in [0.15, 0.2) is 97.1 Å². The fraction of sp³-hybridized carbons (Fsp3) is 0.176. The predicted molar refractivity (Wildman–Crippen MR) is 167 cm³/mol. The van der Waals surface area contributed by atoms with E-state index in [0.717, 1.165) is 17.8 Å². The molecule has 2 heterocycles. The highest BCUT2D eigenvalue weighted by molar-refractivity contribution is 7.17. The third-order valence-corrected chi connectivity index (χ3v) is 7.82. The number of aryl methyl sites for hydroxylation is 1. The molecule has 1 amide bonds. The summed E-state index contributed by atoms with van der Waals surface area (Å²) in [6.07, 6.45) is 2.24. The molecule has 224 valence electrons. The van der Waals surface area contributed by atoms with Crippen LogP contribution in [0.2, 0.25) is 0 Å². The molecule has 0 aliphatic carbocycles. The molecule has 0 saturated carbocycles. The number of benzene rings is 3. The maximum atomic E-state index is 13.7. The van der Waals surface area contributed by atoms with Crippen LogP contribution < -0.4 is 14.4 Å². The number of carbonyl (C=O) groups excluding carboxylic acids is 3. The largest absolute Gasteiger partial charge is 0.507 e. The summed E-state index contributed by atoms with van der Waals surface area (Å²) in [6, 6.07) is 21.7. The van der Waals surface area contributed by atoms with E-state index in [1.807, 2.05) is 25.1 Å². The van der Waals surface area contributed by atoms with Gasteiger partial charge in [0.1, 0.15) is 34.5 Å². The molecule has 0 radical (unpaired) electrons. The minimum absolute atomic E-state index is 0.00522. The van der Waals surface area contributed by atoms with Gasteiger partial charge in [-0.25, -0.2) is 9.78 Å². The minimum Gasteiger partial charge on any atom is -0.507 e. The molecule has 0 spiro atoms. The van der Waals surface area contributed by atoms with E-state index in [-0.39, 0.29) is 27.9 Å². The molecular weight excluding hydrogens is 580 g/mol. The van der Waals surface area contributed by atoms with E-state index >= 15 is 0 Å². The lowest BCUT2D eigenvalue weighted by Crippen LogP contribution is -2.29. The van der Waals surface area contributed by atoms with Crippen molar-refractivity contribution < 1.29 is 33.7 Å². The van der Waals surface area contributed by atoms with E-state index in [2.05, 4.69) is 11.6 Å². The quantitative estimate of drug-likeness (QED) is 0.0635. The van der Waals surface area contributed by atoms with Gasteiger partial charge in [0.05, 0.1) is 23.9 Å². The molecular formula is C34H30N2O7S. The number of nitrogens with zero attached hydrogens (tertiary/aromatic N) is 2. The van der Waals surface area contributed by atoms with Crippen LogP contribution in [0.1, 0.15) is 45.9 Å². The lowest BCUT2D eigenvalue weighted by Gasteiger charge is -2.23. The molecule has 9 nitrogen and oxygen atoms in total. The van der Waals surface area contributed by atoms with Gasteiger partial charge >= 0.3 is 11.9 Å². The van der Waals surface area contributed by atoms with Gasteiger partial charge in [0.25, 0.3) is 5.78 Å². The predicted octanol–water partition coefficient (Wildman–Crippen LogP) is 7.00. The van der Waals surface area contributed by atoms with Crippen LogP contribution in [0.5, 0.6) is 17.2 Å². The number of hydrogen-bond donors (Lipinski definition) is 1. The summed E-state index contributed by atoms with van der Waals surface area (Å²) in [5.41, 5.74) is 0.994. The highest BCUT2D eigenvalue weighted by Crippen LogP contribution is 2.45. The van der Waals surface area contributed by atoms with Gasteiger partial charge in [-0.2, -0.15) is 0 Å². The van der Waals surface area contributed by atoms with Crippen LogP contribution in [0.4, 0.5) is 5.13 Å². The average Bonchev–Trinajstić information content (AvgIpc) is 3.55. The Kier molecular flexibility index (Phi) is 9.20. The van der Waals surface area contributed by atoms with E-state index < -0.39 is 23.7 Å². The smallest absolute Gasteiger partial charge is 0.350 e. The molecule has 1 saturated heterocycles. The summed E-state index contributed by atoms with van der Waals surface area (Å²) < 4.78 is 16.9. The number of ether oxygens (including phenoxy) is 3. The van der Waals surface area contributed by atoms with Crippen molar-refractivity contribution in [2.45, 2.75) is 26.3 Å². The van der Waals surface area contributed by atoms with Gasteiger partial charge in [0.2, 0.25) is 0 Å². The first-order valence-electron chi connectivity index (χ1n) is 13.9. The summed E-state index contributed by atoms with van der Waals surface area (Å²) in [7, 11) is 0. The molecule has 1 unspecified atom stereocenters. The summed E-state index contributed by atoms with van der Waals surface area (Å²) in [5.74, 6) is -1.22. The number of para-hydroxylation sites is 1. The number of aliphatic hydroxyl groups excluding tert-OH is 1. The summed E-state index contributed by atoms with van der Waals surface area (Å²) in [6.45, 7) is 7.63. The van der Waals surface area contributed by atoms with Gasteiger partial charge in [-0.05, 0) is 55.3 Å². The van der Waals surface area contributed by atoms with E-state index in [4.69, 9.17) is 14.2 Å². The number of anilines is 1. The van der Waals surface area contributed by atoms with Crippen molar-refractivity contribution in [3.05, 3.63) is 119 Å². The molecule has 10 heteroatoms. The fourth-order valence-electron chi connectivity index (χ4n) is 4.70. The van der Waals surface area contributed by atoms with Gasteiger partial charge in [-0.3, -0.25) is 14.5 Å². The monoisotopic (exact) mass is 610 g/mol. The van der Waals surface area contributed by atoms with Crippen molar-refractivity contribution in [1.29, 1.82) is 0 Å². The van der Waals surface area contributed by atoms with Crippen LogP contribution in [0.3, 0.4) is 0 Å². The normalized spacial score (nSPS) is 15.7. The molecule has 4 aromatic rings. The van der Waals surface area contributed by atoms with Crippen molar-refractivity contribution in [2.75, 3.05) is 18.1 Å². The molecule has 1 aromatic heterocycles. The number of Topliss-reactive ketones (excluding diaryl/α,β-unsaturated/α-hetero) is 1. The zero-order valence-electron chi connectivity index (χ0n) is 24.2. The van der Waals surface area contributed by atoms with Crippen LogP contribution in [-0.2, 0) is 14.3 Å². The topological polar surface area (TPSA) is 115 Å². The van der Waals surface area contributed by atoms with Crippen molar-refractivity contribution in [2.24, 2.45) is 0 Å². The molecule has 3 aromatic carbocycles. The molecule has 1 aliphatic rings. The third-order valence-electron chi connectivity index (χ3n) is 6.69. The van der Waals surface area contributed by atoms with E-state index in [1.165, 1.54) is 11.0 Å². The lowest BCUT2D eigenvalue weighted by molar-refractivity contribution is -0.132. The molecule has 1 N–H and O–H groups in total. The molecule has 1 fully saturated rings. The molecule has 1 aliphatic heterocycles. The molecule has 5 rings (SSSR count). The van der Waals surface area contributed by atoms with Crippen LogP contribution in [-0.4, -0.2) is 41.0 Å². The number of thiazole rings is 1. The van der Waals surface area contributed by atoms with Crippen molar-refractivity contribution in [3.8, 4) is 17.2 Å². The van der Waals surface area contributed by atoms with Gasteiger partial charge in [0.15, 0.2) is 5.13 Å². The number of rotatable bonds is 11.